The quantitative estimate of drug-likeness (QED) is 0.783. The third kappa shape index (κ3) is 1.70. The molecule has 0 radical (unpaired) electrons. The number of Topliss-reactive ketones (excluding diaryl/α,β-unsaturated/α-hetero) is 1. The lowest BCUT2D eigenvalue weighted by molar-refractivity contribution is 0.0957. The highest BCUT2D eigenvalue weighted by atomic mass is 32.1. The van der Waals surface area contributed by atoms with Crippen molar-refractivity contribution in [2.45, 2.75) is 6.42 Å². The Morgan fingerprint density at radius 2 is 2.17 bits per heavy atom. The number of rotatable bonds is 1. The van der Waals surface area contributed by atoms with Gasteiger partial charge < -0.3 is 4.90 Å². The van der Waals surface area contributed by atoms with Crippen LogP contribution >= 0.6 is 11.5 Å². The third-order valence-corrected chi connectivity index (χ3v) is 3.53. The van der Waals surface area contributed by atoms with E-state index in [2.05, 4.69) is 9.59 Å². The minimum absolute atomic E-state index is 0.0806. The molecule has 90 valence electrons. The van der Waals surface area contributed by atoms with Gasteiger partial charge in [0.05, 0.1) is 11.9 Å². The summed E-state index contributed by atoms with van der Waals surface area (Å²) < 4.78 is 3.69. The standard InChI is InChI=1S/C12H9N3O2S/c16-10-5-6-15(9-4-2-1-3-8(9)10)12(17)11-7-13-14-18-11/h1-4,7H,5-6H2. The molecule has 0 N–H and O–H groups in total. The second kappa shape index (κ2) is 4.30. The Bertz CT molecular complexity index is 610. The first kappa shape index (κ1) is 11.0. The van der Waals surface area contributed by atoms with Crippen LogP contribution in [0, 0.1) is 0 Å². The minimum atomic E-state index is -0.148. The van der Waals surface area contributed by atoms with Crippen LogP contribution in [-0.2, 0) is 0 Å². The molecule has 2 heterocycles. The summed E-state index contributed by atoms with van der Waals surface area (Å²) in [6.45, 7) is 0.409. The van der Waals surface area contributed by atoms with E-state index in [9.17, 15) is 9.59 Å². The summed E-state index contributed by atoms with van der Waals surface area (Å²) in [5.74, 6) is -0.0676. The Kier molecular flexibility index (Phi) is 2.64. The smallest absolute Gasteiger partial charge is 0.271 e. The van der Waals surface area contributed by atoms with Gasteiger partial charge in [-0.2, -0.15) is 0 Å². The highest BCUT2D eigenvalue weighted by molar-refractivity contribution is 7.07. The van der Waals surface area contributed by atoms with Crippen LogP contribution in [0.1, 0.15) is 26.5 Å². The number of ketones is 1. The molecule has 18 heavy (non-hydrogen) atoms. The lowest BCUT2D eigenvalue weighted by atomic mass is 10.0. The Balaban J connectivity index is 2.03. The van der Waals surface area contributed by atoms with Crippen molar-refractivity contribution in [3.05, 3.63) is 40.9 Å². The number of benzene rings is 1. The van der Waals surface area contributed by atoms with Gasteiger partial charge in [0.2, 0.25) is 0 Å². The highest BCUT2D eigenvalue weighted by Crippen LogP contribution is 2.28. The summed E-state index contributed by atoms with van der Waals surface area (Å²) in [4.78, 5) is 26.2. The molecular weight excluding hydrogens is 250 g/mol. The summed E-state index contributed by atoms with van der Waals surface area (Å²) in [5.41, 5.74) is 1.28. The summed E-state index contributed by atoms with van der Waals surface area (Å²) in [6, 6.07) is 7.17. The predicted molar refractivity (Wildman–Crippen MR) is 67.0 cm³/mol. The van der Waals surface area contributed by atoms with Crippen LogP contribution in [0.15, 0.2) is 30.5 Å². The fourth-order valence-electron chi connectivity index (χ4n) is 2.02. The lowest BCUT2D eigenvalue weighted by Crippen LogP contribution is -2.37. The number of para-hydroxylation sites is 1. The van der Waals surface area contributed by atoms with Crippen LogP contribution in [0.2, 0.25) is 0 Å². The van der Waals surface area contributed by atoms with Crippen LogP contribution in [0.25, 0.3) is 0 Å². The lowest BCUT2D eigenvalue weighted by Gasteiger charge is -2.27. The van der Waals surface area contributed by atoms with E-state index in [4.69, 9.17) is 0 Å². The zero-order valence-electron chi connectivity index (χ0n) is 9.37. The first-order valence-corrected chi connectivity index (χ1v) is 6.26. The fraction of sp³-hybridized carbons (Fsp3) is 0.167. The van der Waals surface area contributed by atoms with Gasteiger partial charge in [0.1, 0.15) is 4.88 Å². The molecule has 2 aromatic rings. The first-order valence-electron chi connectivity index (χ1n) is 5.49. The maximum atomic E-state index is 12.3. The molecule has 0 atom stereocenters. The minimum Gasteiger partial charge on any atom is -0.306 e. The van der Waals surface area contributed by atoms with Crippen LogP contribution in [0.5, 0.6) is 0 Å². The van der Waals surface area contributed by atoms with Crippen LogP contribution in [-0.4, -0.2) is 27.8 Å². The zero-order valence-corrected chi connectivity index (χ0v) is 10.2. The van der Waals surface area contributed by atoms with Gasteiger partial charge >= 0.3 is 0 Å². The van der Waals surface area contributed by atoms with Crippen LogP contribution in [0.3, 0.4) is 0 Å². The van der Waals surface area contributed by atoms with Gasteiger partial charge in [-0.05, 0) is 23.7 Å². The Hall–Kier alpha value is -2.08. The number of fused-ring (bicyclic) bond motifs is 1. The SMILES string of the molecule is O=C1CCN(C(=O)c2cnns2)c2ccccc21. The van der Waals surface area contributed by atoms with Crippen LogP contribution < -0.4 is 4.90 Å². The first-order chi connectivity index (χ1) is 8.77. The number of hydrogen-bond acceptors (Lipinski definition) is 5. The number of aromatic nitrogens is 2. The average Bonchev–Trinajstić information content (AvgIpc) is 2.93. The molecule has 1 aromatic carbocycles. The van der Waals surface area contributed by atoms with Crippen molar-refractivity contribution in [1.82, 2.24) is 9.59 Å². The van der Waals surface area contributed by atoms with Crippen molar-refractivity contribution in [1.29, 1.82) is 0 Å². The molecule has 1 aliphatic heterocycles. The molecule has 0 saturated heterocycles. The van der Waals surface area contributed by atoms with Crippen molar-refractivity contribution >= 4 is 28.9 Å². The summed E-state index contributed by atoms with van der Waals surface area (Å²) in [6.07, 6.45) is 1.81. The molecule has 1 aliphatic rings. The molecule has 0 spiro atoms. The molecule has 0 unspecified atom stereocenters. The number of amides is 1. The average molecular weight is 259 g/mol. The number of carbonyl (C=O) groups excluding carboxylic acids is 2. The Morgan fingerprint density at radius 1 is 1.33 bits per heavy atom. The number of carbonyl (C=O) groups is 2. The van der Waals surface area contributed by atoms with E-state index in [0.29, 0.717) is 29.1 Å². The Labute approximate surface area is 107 Å². The van der Waals surface area contributed by atoms with Gasteiger partial charge in [0.15, 0.2) is 5.78 Å². The zero-order chi connectivity index (χ0) is 12.5. The van der Waals surface area contributed by atoms with Crippen molar-refractivity contribution in [2.24, 2.45) is 0 Å². The molecule has 3 rings (SSSR count). The van der Waals surface area contributed by atoms with Crippen molar-refractivity contribution < 1.29 is 9.59 Å². The van der Waals surface area contributed by atoms with E-state index in [1.54, 1.807) is 23.1 Å². The van der Waals surface area contributed by atoms with Gasteiger partial charge in [-0.25, -0.2) is 0 Å². The van der Waals surface area contributed by atoms with E-state index in [0.717, 1.165) is 11.5 Å². The fourth-order valence-corrected chi connectivity index (χ4v) is 2.48. The maximum Gasteiger partial charge on any atom is 0.271 e. The van der Waals surface area contributed by atoms with Gasteiger partial charge in [-0.1, -0.05) is 16.6 Å². The van der Waals surface area contributed by atoms with Gasteiger partial charge in [-0.15, -0.1) is 5.10 Å². The van der Waals surface area contributed by atoms with Gasteiger partial charge in [-0.3, -0.25) is 9.59 Å². The topological polar surface area (TPSA) is 63.2 Å². The maximum absolute atomic E-state index is 12.3. The molecule has 0 bridgehead atoms. The second-order valence-electron chi connectivity index (χ2n) is 3.93. The van der Waals surface area contributed by atoms with Gasteiger partial charge in [0, 0.05) is 18.5 Å². The predicted octanol–water partition coefficient (Wildman–Crippen LogP) is 1.77. The van der Waals surface area contributed by atoms with E-state index in [-0.39, 0.29) is 11.7 Å². The molecule has 1 amide bonds. The summed E-state index contributed by atoms with van der Waals surface area (Å²) in [7, 11) is 0. The second-order valence-corrected chi connectivity index (χ2v) is 4.71. The van der Waals surface area contributed by atoms with Crippen molar-refractivity contribution in [3.63, 3.8) is 0 Å². The molecule has 1 aromatic heterocycles. The van der Waals surface area contributed by atoms with Gasteiger partial charge in [0.25, 0.3) is 5.91 Å². The number of nitrogens with zero attached hydrogens (tertiary/aromatic N) is 3. The van der Waals surface area contributed by atoms with E-state index in [1.807, 2.05) is 6.07 Å². The summed E-state index contributed by atoms with van der Waals surface area (Å²) in [5, 5.41) is 3.66. The highest BCUT2D eigenvalue weighted by Gasteiger charge is 2.28. The normalized spacial score (nSPS) is 14.4. The molecule has 6 heteroatoms. The van der Waals surface area contributed by atoms with E-state index >= 15 is 0 Å². The molecule has 0 fully saturated rings. The third-order valence-electron chi connectivity index (χ3n) is 2.87. The monoisotopic (exact) mass is 259 g/mol. The molecule has 0 aliphatic carbocycles. The largest absolute Gasteiger partial charge is 0.306 e. The molecule has 0 saturated carbocycles. The molecular formula is C12H9N3O2S. The van der Waals surface area contributed by atoms with Crippen LogP contribution in [0.4, 0.5) is 5.69 Å². The Morgan fingerprint density at radius 3 is 2.94 bits per heavy atom. The number of anilines is 1. The van der Waals surface area contributed by atoms with E-state index < -0.39 is 0 Å². The van der Waals surface area contributed by atoms with Crippen molar-refractivity contribution in [3.8, 4) is 0 Å². The summed E-state index contributed by atoms with van der Waals surface area (Å²) >= 11 is 1.06. The number of hydrogen-bond donors (Lipinski definition) is 0. The van der Waals surface area contributed by atoms with E-state index in [1.165, 1.54) is 6.20 Å². The van der Waals surface area contributed by atoms with Crippen molar-refractivity contribution in [2.75, 3.05) is 11.4 Å². The molecule has 5 nitrogen and oxygen atoms in total.